The lowest BCUT2D eigenvalue weighted by molar-refractivity contribution is 0.415. The zero-order valence-electron chi connectivity index (χ0n) is 16.0. The van der Waals surface area contributed by atoms with Gasteiger partial charge in [-0.1, -0.05) is 18.2 Å². The number of hydrogen-bond acceptors (Lipinski definition) is 6. The van der Waals surface area contributed by atoms with Crippen molar-refractivity contribution in [3.05, 3.63) is 91.3 Å². The Hall–Kier alpha value is -3.93. The average molecular weight is 386 g/mol. The van der Waals surface area contributed by atoms with E-state index in [2.05, 4.69) is 20.9 Å². The van der Waals surface area contributed by atoms with E-state index < -0.39 is 5.79 Å². The molecule has 0 saturated heterocycles. The number of hydrogen-bond donors (Lipinski definition) is 3. The van der Waals surface area contributed by atoms with Crippen LogP contribution in [0.4, 0.5) is 11.4 Å². The highest BCUT2D eigenvalue weighted by Crippen LogP contribution is 2.25. The van der Waals surface area contributed by atoms with E-state index in [0.717, 1.165) is 28.6 Å². The fourth-order valence-corrected chi connectivity index (χ4v) is 2.93. The molecular formula is C23H22N4O2. The second-order valence-electron chi connectivity index (χ2n) is 6.46. The molecule has 3 aromatic carbocycles. The topological polar surface area (TPSA) is 66.9 Å². The van der Waals surface area contributed by atoms with E-state index in [1.807, 2.05) is 78.9 Å². The third-order valence-electron chi connectivity index (χ3n) is 4.35. The normalized spacial score (nSPS) is 17.3. The first-order valence-electron chi connectivity index (χ1n) is 9.25. The van der Waals surface area contributed by atoms with Gasteiger partial charge in [0.05, 0.1) is 13.3 Å². The van der Waals surface area contributed by atoms with Crippen LogP contribution in [-0.2, 0) is 0 Å². The molecule has 6 heteroatoms. The van der Waals surface area contributed by atoms with Crippen LogP contribution in [-0.4, -0.2) is 19.1 Å². The fraction of sp³-hybridized carbons (Fsp3) is 0.0870. The van der Waals surface area contributed by atoms with Crippen molar-refractivity contribution in [2.24, 2.45) is 4.99 Å². The van der Waals surface area contributed by atoms with Crippen LogP contribution < -0.4 is 25.4 Å². The molecule has 3 N–H and O–H groups in total. The minimum Gasteiger partial charge on any atom is -0.497 e. The molecule has 0 saturated carbocycles. The summed E-state index contributed by atoms with van der Waals surface area (Å²) in [6, 6.07) is 25.2. The molecule has 1 unspecified atom stereocenters. The number of ether oxygens (including phenoxy) is 2. The molecule has 0 spiro atoms. The Kier molecular flexibility index (Phi) is 5.33. The van der Waals surface area contributed by atoms with Crippen LogP contribution in [0.25, 0.3) is 0 Å². The molecule has 3 aromatic rings. The second-order valence-corrected chi connectivity index (χ2v) is 6.46. The number of aliphatic imine (C=N–C) groups is 1. The average Bonchev–Trinajstić information content (AvgIpc) is 2.77. The van der Waals surface area contributed by atoms with E-state index in [9.17, 15) is 0 Å². The zero-order valence-corrected chi connectivity index (χ0v) is 16.0. The molecule has 0 amide bonds. The second kappa shape index (κ2) is 8.39. The Labute approximate surface area is 169 Å². The number of para-hydroxylation sites is 1. The monoisotopic (exact) mass is 386 g/mol. The first-order chi connectivity index (χ1) is 14.2. The van der Waals surface area contributed by atoms with Gasteiger partial charge in [0.15, 0.2) is 0 Å². The minimum absolute atomic E-state index is 0.768. The maximum Gasteiger partial charge on any atom is 0.222 e. The van der Waals surface area contributed by atoms with Crippen LogP contribution in [0.3, 0.4) is 0 Å². The van der Waals surface area contributed by atoms with Gasteiger partial charge < -0.3 is 25.4 Å². The summed E-state index contributed by atoms with van der Waals surface area (Å²) in [5.74, 6) is 1.60. The maximum atomic E-state index is 5.86. The molecular weight excluding hydrogens is 364 g/mol. The highest BCUT2D eigenvalue weighted by Gasteiger charge is 2.28. The van der Waals surface area contributed by atoms with Crippen molar-refractivity contribution in [2.45, 2.75) is 5.79 Å². The Bertz CT molecular complexity index is 986. The predicted octanol–water partition coefficient (Wildman–Crippen LogP) is 4.81. The molecule has 146 valence electrons. The van der Waals surface area contributed by atoms with Crippen molar-refractivity contribution in [1.82, 2.24) is 5.32 Å². The van der Waals surface area contributed by atoms with Crippen molar-refractivity contribution in [1.29, 1.82) is 0 Å². The lowest BCUT2D eigenvalue weighted by Crippen LogP contribution is -2.58. The van der Waals surface area contributed by atoms with Crippen molar-refractivity contribution in [3.8, 4) is 17.2 Å². The first kappa shape index (κ1) is 18.4. The number of anilines is 2. The van der Waals surface area contributed by atoms with E-state index in [1.165, 1.54) is 0 Å². The lowest BCUT2D eigenvalue weighted by Gasteiger charge is -2.35. The number of methoxy groups -OCH3 is 1. The van der Waals surface area contributed by atoms with Crippen LogP contribution >= 0.6 is 0 Å². The smallest absolute Gasteiger partial charge is 0.222 e. The van der Waals surface area contributed by atoms with Gasteiger partial charge in [0.1, 0.15) is 17.2 Å². The molecule has 1 atom stereocenters. The zero-order chi connectivity index (χ0) is 19.9. The predicted molar refractivity (Wildman–Crippen MR) is 117 cm³/mol. The van der Waals surface area contributed by atoms with E-state index in [1.54, 1.807) is 25.7 Å². The van der Waals surface area contributed by atoms with Gasteiger partial charge in [-0.25, -0.2) is 0 Å². The van der Waals surface area contributed by atoms with Crippen molar-refractivity contribution in [2.75, 3.05) is 17.7 Å². The molecule has 0 aliphatic carbocycles. The summed E-state index contributed by atoms with van der Waals surface area (Å²) in [5.41, 5.74) is 1.82. The number of nitrogens with zero attached hydrogens (tertiary/aromatic N) is 1. The highest BCUT2D eigenvalue weighted by molar-refractivity contribution is 5.80. The molecule has 0 bridgehead atoms. The standard InChI is InChI=1S/C23H22N4O2/c1-28-20-11-7-18(8-12-20)26-23(17-24-15-16-25-23)27-19-9-13-22(14-10-19)29-21-5-3-2-4-6-21/h2-17,25-27H,1H3. The SMILES string of the molecule is COc1ccc(NC2(Nc3ccc(Oc4ccccc4)cc3)C=NC=CN2)cc1. The van der Waals surface area contributed by atoms with Crippen LogP contribution in [0.1, 0.15) is 0 Å². The molecule has 1 heterocycles. The summed E-state index contributed by atoms with van der Waals surface area (Å²) in [5, 5.41) is 10.2. The van der Waals surface area contributed by atoms with E-state index >= 15 is 0 Å². The van der Waals surface area contributed by atoms with Crippen LogP contribution in [0, 0.1) is 0 Å². The van der Waals surface area contributed by atoms with E-state index in [-0.39, 0.29) is 0 Å². The number of benzene rings is 3. The molecule has 0 radical (unpaired) electrons. The van der Waals surface area contributed by atoms with Gasteiger partial charge in [0, 0.05) is 23.8 Å². The molecule has 4 rings (SSSR count). The van der Waals surface area contributed by atoms with E-state index in [4.69, 9.17) is 9.47 Å². The van der Waals surface area contributed by atoms with E-state index in [0.29, 0.717) is 0 Å². The summed E-state index contributed by atoms with van der Waals surface area (Å²) in [7, 11) is 1.65. The summed E-state index contributed by atoms with van der Waals surface area (Å²) < 4.78 is 11.1. The fourth-order valence-electron chi connectivity index (χ4n) is 2.93. The third kappa shape index (κ3) is 4.68. The first-order valence-corrected chi connectivity index (χ1v) is 9.25. The number of nitrogens with one attached hydrogen (secondary N) is 3. The van der Waals surface area contributed by atoms with Gasteiger partial charge in [-0.3, -0.25) is 4.99 Å². The van der Waals surface area contributed by atoms with Crippen molar-refractivity contribution < 1.29 is 9.47 Å². The van der Waals surface area contributed by atoms with Crippen molar-refractivity contribution in [3.63, 3.8) is 0 Å². The largest absolute Gasteiger partial charge is 0.497 e. The maximum absolute atomic E-state index is 5.86. The Morgan fingerprint density at radius 2 is 1.34 bits per heavy atom. The third-order valence-corrected chi connectivity index (χ3v) is 4.35. The molecule has 0 aromatic heterocycles. The molecule has 6 nitrogen and oxygen atoms in total. The molecule has 29 heavy (non-hydrogen) atoms. The Balaban J connectivity index is 1.49. The Morgan fingerprint density at radius 1 is 0.759 bits per heavy atom. The summed E-state index contributed by atoms with van der Waals surface area (Å²) >= 11 is 0. The van der Waals surface area contributed by atoms with Gasteiger partial charge in [-0.15, -0.1) is 0 Å². The lowest BCUT2D eigenvalue weighted by atomic mass is 10.2. The summed E-state index contributed by atoms with van der Waals surface area (Å²) in [6.07, 6.45) is 5.27. The number of rotatable bonds is 7. The van der Waals surface area contributed by atoms with Gasteiger partial charge in [0.2, 0.25) is 5.79 Å². The van der Waals surface area contributed by atoms with Crippen LogP contribution in [0.2, 0.25) is 0 Å². The van der Waals surface area contributed by atoms with Crippen molar-refractivity contribution >= 4 is 17.6 Å². The molecule has 0 fully saturated rings. The van der Waals surface area contributed by atoms with Crippen LogP contribution in [0.15, 0.2) is 96.3 Å². The highest BCUT2D eigenvalue weighted by atomic mass is 16.5. The van der Waals surface area contributed by atoms with Gasteiger partial charge in [-0.05, 0) is 60.7 Å². The van der Waals surface area contributed by atoms with Gasteiger partial charge >= 0.3 is 0 Å². The molecule has 1 aliphatic heterocycles. The van der Waals surface area contributed by atoms with Gasteiger partial charge in [-0.2, -0.15) is 0 Å². The summed E-state index contributed by atoms with van der Waals surface area (Å²) in [4.78, 5) is 4.29. The van der Waals surface area contributed by atoms with Crippen LogP contribution in [0.5, 0.6) is 17.2 Å². The quantitative estimate of drug-likeness (QED) is 0.509. The Morgan fingerprint density at radius 3 is 1.90 bits per heavy atom. The van der Waals surface area contributed by atoms with Gasteiger partial charge in [0.25, 0.3) is 0 Å². The minimum atomic E-state index is -0.773. The summed E-state index contributed by atoms with van der Waals surface area (Å²) in [6.45, 7) is 0. The molecule has 1 aliphatic rings.